The maximum Gasteiger partial charge on any atom is 0.167 e. The SMILES string of the molecule is NCCCCNc1ncnc2c1ncn2C1OC(CO)C(O)C1O. The molecule has 3 heterocycles. The van der Waals surface area contributed by atoms with E-state index in [0.29, 0.717) is 30.1 Å². The first-order chi connectivity index (χ1) is 11.7. The van der Waals surface area contributed by atoms with Gasteiger partial charge in [-0.3, -0.25) is 4.57 Å². The second-order valence-corrected chi connectivity index (χ2v) is 5.70. The summed E-state index contributed by atoms with van der Waals surface area (Å²) in [5, 5.41) is 32.4. The Morgan fingerprint density at radius 1 is 1.21 bits per heavy atom. The molecule has 0 radical (unpaired) electrons. The molecule has 4 unspecified atom stereocenters. The molecule has 1 aliphatic rings. The number of aliphatic hydroxyl groups is 3. The highest BCUT2D eigenvalue weighted by Gasteiger charge is 2.44. The zero-order valence-electron chi connectivity index (χ0n) is 13.1. The number of fused-ring (bicyclic) bond motifs is 1. The number of aliphatic hydroxyl groups excluding tert-OH is 3. The van der Waals surface area contributed by atoms with Gasteiger partial charge < -0.3 is 31.1 Å². The van der Waals surface area contributed by atoms with Gasteiger partial charge in [-0.1, -0.05) is 0 Å². The van der Waals surface area contributed by atoms with E-state index in [4.69, 9.17) is 10.5 Å². The predicted octanol–water partition coefficient (Wildman–Crippen LogP) is -1.41. The number of nitrogens with one attached hydrogen (secondary N) is 1. The van der Waals surface area contributed by atoms with Crippen LogP contribution in [0.2, 0.25) is 0 Å². The Morgan fingerprint density at radius 3 is 2.75 bits per heavy atom. The Hall–Kier alpha value is -1.85. The van der Waals surface area contributed by atoms with Gasteiger partial charge in [0.15, 0.2) is 23.2 Å². The Kier molecular flexibility index (Phi) is 5.21. The van der Waals surface area contributed by atoms with Crippen molar-refractivity contribution < 1.29 is 20.1 Å². The van der Waals surface area contributed by atoms with Gasteiger partial charge in [-0.05, 0) is 19.4 Å². The minimum Gasteiger partial charge on any atom is -0.394 e. The van der Waals surface area contributed by atoms with Gasteiger partial charge in [-0.15, -0.1) is 0 Å². The molecule has 2 aromatic heterocycles. The molecule has 0 bridgehead atoms. The van der Waals surface area contributed by atoms with Gasteiger partial charge in [-0.2, -0.15) is 0 Å². The summed E-state index contributed by atoms with van der Waals surface area (Å²) in [6.07, 6.45) is 0.622. The average Bonchev–Trinajstić information content (AvgIpc) is 3.14. The third-order valence-electron chi connectivity index (χ3n) is 4.07. The summed E-state index contributed by atoms with van der Waals surface area (Å²) < 4.78 is 7.05. The number of rotatable bonds is 7. The maximum atomic E-state index is 10.2. The molecule has 4 atom stereocenters. The third kappa shape index (κ3) is 3.06. The van der Waals surface area contributed by atoms with E-state index in [1.54, 1.807) is 0 Å². The third-order valence-corrected chi connectivity index (χ3v) is 4.07. The Labute approximate surface area is 138 Å². The predicted molar refractivity (Wildman–Crippen MR) is 85.1 cm³/mol. The molecule has 0 saturated carbocycles. The van der Waals surface area contributed by atoms with Crippen molar-refractivity contribution in [2.45, 2.75) is 37.4 Å². The first kappa shape index (κ1) is 17.0. The van der Waals surface area contributed by atoms with Crippen LogP contribution in [0.25, 0.3) is 11.2 Å². The molecule has 1 saturated heterocycles. The minimum absolute atomic E-state index is 0.385. The van der Waals surface area contributed by atoms with Gasteiger partial charge in [0.05, 0.1) is 12.9 Å². The van der Waals surface area contributed by atoms with E-state index in [2.05, 4.69) is 20.3 Å². The molecular formula is C14H22N6O4. The Bertz CT molecular complexity index is 680. The first-order valence-corrected chi connectivity index (χ1v) is 7.91. The fourth-order valence-corrected chi connectivity index (χ4v) is 2.75. The average molecular weight is 338 g/mol. The number of hydrogen-bond acceptors (Lipinski definition) is 9. The topological polar surface area (TPSA) is 152 Å². The maximum absolute atomic E-state index is 10.2. The molecule has 10 nitrogen and oxygen atoms in total. The summed E-state index contributed by atoms with van der Waals surface area (Å²) in [6.45, 7) is 0.967. The fourth-order valence-electron chi connectivity index (χ4n) is 2.75. The van der Waals surface area contributed by atoms with E-state index in [0.717, 1.165) is 12.8 Å². The number of hydrogen-bond donors (Lipinski definition) is 5. The van der Waals surface area contributed by atoms with E-state index in [9.17, 15) is 15.3 Å². The van der Waals surface area contributed by atoms with Crippen molar-refractivity contribution >= 4 is 17.0 Å². The number of ether oxygens (including phenoxy) is 1. The molecule has 0 aliphatic carbocycles. The zero-order chi connectivity index (χ0) is 17.1. The number of imidazole rings is 1. The van der Waals surface area contributed by atoms with Crippen LogP contribution in [0.3, 0.4) is 0 Å². The summed E-state index contributed by atoms with van der Waals surface area (Å²) in [4.78, 5) is 12.7. The summed E-state index contributed by atoms with van der Waals surface area (Å²) in [6, 6.07) is 0. The quantitative estimate of drug-likeness (QED) is 0.383. The molecule has 10 heteroatoms. The summed E-state index contributed by atoms with van der Waals surface area (Å²) >= 11 is 0. The Balaban J connectivity index is 1.83. The van der Waals surface area contributed by atoms with Gasteiger partial charge in [0.1, 0.15) is 24.6 Å². The number of anilines is 1. The lowest BCUT2D eigenvalue weighted by molar-refractivity contribution is -0.0511. The number of aromatic nitrogens is 4. The van der Waals surface area contributed by atoms with Crippen molar-refractivity contribution in [3.63, 3.8) is 0 Å². The largest absolute Gasteiger partial charge is 0.394 e. The first-order valence-electron chi connectivity index (χ1n) is 7.91. The molecule has 1 aliphatic heterocycles. The lowest BCUT2D eigenvalue weighted by Gasteiger charge is -2.16. The zero-order valence-corrected chi connectivity index (χ0v) is 13.1. The van der Waals surface area contributed by atoms with Crippen molar-refractivity contribution in [3.8, 4) is 0 Å². The fraction of sp³-hybridized carbons (Fsp3) is 0.643. The highest BCUT2D eigenvalue weighted by Crippen LogP contribution is 2.31. The smallest absolute Gasteiger partial charge is 0.167 e. The van der Waals surface area contributed by atoms with Crippen LogP contribution in [-0.2, 0) is 4.74 Å². The van der Waals surface area contributed by atoms with E-state index < -0.39 is 24.5 Å². The van der Waals surface area contributed by atoms with Gasteiger partial charge in [0, 0.05) is 6.54 Å². The van der Waals surface area contributed by atoms with Crippen LogP contribution in [0.1, 0.15) is 19.1 Å². The standard InChI is InChI=1S/C14H22N6O4/c15-3-1-2-4-16-12-9-13(18-6-17-12)20(7-19-9)14-11(23)10(22)8(5-21)24-14/h6-8,10-11,14,21-23H,1-5,15H2,(H,16,17,18). The lowest BCUT2D eigenvalue weighted by Crippen LogP contribution is -2.33. The van der Waals surface area contributed by atoms with E-state index in [1.165, 1.54) is 17.2 Å². The van der Waals surface area contributed by atoms with Gasteiger partial charge in [0.25, 0.3) is 0 Å². The molecule has 24 heavy (non-hydrogen) atoms. The second kappa shape index (κ2) is 7.36. The van der Waals surface area contributed by atoms with Crippen LogP contribution in [0.4, 0.5) is 5.82 Å². The van der Waals surface area contributed by atoms with Crippen LogP contribution in [0.15, 0.2) is 12.7 Å². The van der Waals surface area contributed by atoms with Crippen molar-refractivity contribution in [1.29, 1.82) is 0 Å². The molecule has 3 rings (SSSR count). The van der Waals surface area contributed by atoms with Gasteiger partial charge in [0.2, 0.25) is 0 Å². The van der Waals surface area contributed by atoms with Gasteiger partial charge >= 0.3 is 0 Å². The van der Waals surface area contributed by atoms with Crippen molar-refractivity contribution in [1.82, 2.24) is 19.5 Å². The summed E-state index contributed by atoms with van der Waals surface area (Å²) in [5.41, 5.74) is 6.49. The van der Waals surface area contributed by atoms with E-state index >= 15 is 0 Å². The lowest BCUT2D eigenvalue weighted by atomic mass is 10.1. The van der Waals surface area contributed by atoms with Crippen LogP contribution < -0.4 is 11.1 Å². The van der Waals surface area contributed by atoms with Crippen molar-refractivity contribution in [3.05, 3.63) is 12.7 Å². The van der Waals surface area contributed by atoms with E-state index in [-0.39, 0.29) is 6.61 Å². The molecule has 0 spiro atoms. The normalized spacial score (nSPS) is 27.0. The molecule has 0 aromatic carbocycles. The molecule has 132 valence electrons. The molecule has 2 aromatic rings. The van der Waals surface area contributed by atoms with Crippen LogP contribution in [0.5, 0.6) is 0 Å². The Morgan fingerprint density at radius 2 is 2.04 bits per heavy atom. The highest BCUT2D eigenvalue weighted by atomic mass is 16.6. The number of nitrogens with zero attached hydrogens (tertiary/aromatic N) is 4. The molecular weight excluding hydrogens is 316 g/mol. The van der Waals surface area contributed by atoms with Crippen LogP contribution in [-0.4, -0.2) is 72.8 Å². The monoisotopic (exact) mass is 338 g/mol. The van der Waals surface area contributed by atoms with Gasteiger partial charge in [-0.25, -0.2) is 15.0 Å². The van der Waals surface area contributed by atoms with E-state index in [1.807, 2.05) is 0 Å². The van der Waals surface area contributed by atoms with Crippen molar-refractivity contribution in [2.24, 2.45) is 5.73 Å². The number of unbranched alkanes of at least 4 members (excludes halogenated alkanes) is 1. The minimum atomic E-state index is -1.18. The number of nitrogens with two attached hydrogens (primary N) is 1. The van der Waals surface area contributed by atoms with Crippen LogP contribution in [0, 0.1) is 0 Å². The highest BCUT2D eigenvalue weighted by molar-refractivity contribution is 5.82. The molecule has 0 amide bonds. The van der Waals surface area contributed by atoms with Crippen LogP contribution >= 0.6 is 0 Å². The molecule has 6 N–H and O–H groups in total. The summed E-state index contributed by atoms with van der Waals surface area (Å²) in [7, 11) is 0. The summed E-state index contributed by atoms with van der Waals surface area (Å²) in [5.74, 6) is 0.586. The second-order valence-electron chi connectivity index (χ2n) is 5.70. The molecule has 1 fully saturated rings. The van der Waals surface area contributed by atoms with Crippen molar-refractivity contribution in [2.75, 3.05) is 25.0 Å².